The number of rotatable bonds is 4. The van der Waals surface area contributed by atoms with Gasteiger partial charge in [-0.1, -0.05) is 12.2 Å². The summed E-state index contributed by atoms with van der Waals surface area (Å²) < 4.78 is 64.3. The van der Waals surface area contributed by atoms with Crippen molar-refractivity contribution in [3.63, 3.8) is 0 Å². The summed E-state index contributed by atoms with van der Waals surface area (Å²) in [6, 6.07) is 0. The molecule has 1 aromatic carbocycles. The summed E-state index contributed by atoms with van der Waals surface area (Å²) >= 11 is 5.28. The maximum atomic E-state index is 13.1. The van der Waals surface area contributed by atoms with E-state index in [1.807, 2.05) is 0 Å². The van der Waals surface area contributed by atoms with Gasteiger partial charge in [0.2, 0.25) is 5.82 Å². The van der Waals surface area contributed by atoms with E-state index in [0.717, 1.165) is 0 Å². The molecule has 0 aliphatic carbocycles. The molecule has 0 heterocycles. The number of allylic oxidation sites excluding steroid dienone is 1. The van der Waals surface area contributed by atoms with Crippen molar-refractivity contribution in [1.82, 2.24) is 0 Å². The first-order valence-electron chi connectivity index (χ1n) is 4.47. The second kappa shape index (κ2) is 5.86. The first kappa shape index (κ1) is 13.8. The number of benzene rings is 1. The zero-order valence-electron chi connectivity index (χ0n) is 8.34. The molecule has 0 saturated heterocycles. The Bertz CT molecular complexity index is 418. The van der Waals surface area contributed by atoms with Gasteiger partial charge in [-0.15, -0.1) is 11.6 Å². The number of hydrogen-bond acceptors (Lipinski definition) is 1. The van der Waals surface area contributed by atoms with E-state index in [9.17, 15) is 22.0 Å². The van der Waals surface area contributed by atoms with Crippen molar-refractivity contribution in [3.05, 3.63) is 41.2 Å². The molecule has 94 valence electrons. The Balaban J connectivity index is 3.03. The van der Waals surface area contributed by atoms with Crippen molar-refractivity contribution in [2.45, 2.75) is 0 Å². The van der Waals surface area contributed by atoms with Gasteiger partial charge in [-0.25, -0.2) is 22.0 Å². The lowest BCUT2D eigenvalue weighted by Gasteiger charge is -2.08. The molecule has 0 amide bonds. The number of hydrogen-bond donors (Lipinski definition) is 1. The van der Waals surface area contributed by atoms with Gasteiger partial charge in [-0.2, -0.15) is 0 Å². The quantitative estimate of drug-likeness (QED) is 0.290. The molecule has 0 bridgehead atoms. The van der Waals surface area contributed by atoms with E-state index in [1.165, 1.54) is 12.2 Å². The Morgan fingerprint density at radius 3 is 1.76 bits per heavy atom. The third-order valence-electron chi connectivity index (χ3n) is 1.86. The average Bonchev–Trinajstić information content (AvgIpc) is 2.33. The smallest absolute Gasteiger partial charge is 0.200 e. The summed E-state index contributed by atoms with van der Waals surface area (Å²) in [5.74, 6) is -9.73. The first-order valence-corrected chi connectivity index (χ1v) is 5.00. The van der Waals surface area contributed by atoms with Crippen LogP contribution in [0.25, 0.3) is 0 Å². The molecule has 7 heteroatoms. The molecule has 0 aliphatic rings. The molecule has 1 N–H and O–H groups in total. The van der Waals surface area contributed by atoms with E-state index in [1.54, 1.807) is 0 Å². The predicted octanol–water partition coefficient (Wildman–Crippen LogP) is 3.59. The summed E-state index contributed by atoms with van der Waals surface area (Å²) in [5, 5.41) is 2.08. The zero-order chi connectivity index (χ0) is 13.0. The standard InChI is InChI=1S/C10H7ClF5N/c11-3-1-2-4-17-10-8(15)6(13)5(12)7(14)9(10)16/h1-2,17H,3-4H2/b2-1+. The van der Waals surface area contributed by atoms with Crippen LogP contribution in [-0.4, -0.2) is 12.4 Å². The van der Waals surface area contributed by atoms with Gasteiger partial charge in [0.25, 0.3) is 0 Å². The van der Waals surface area contributed by atoms with Crippen LogP contribution in [0.3, 0.4) is 0 Å². The maximum absolute atomic E-state index is 13.1. The molecule has 1 nitrogen and oxygen atoms in total. The number of anilines is 1. The monoisotopic (exact) mass is 271 g/mol. The minimum Gasteiger partial charge on any atom is -0.377 e. The molecule has 0 aliphatic heterocycles. The van der Waals surface area contributed by atoms with Gasteiger partial charge in [0.05, 0.1) is 0 Å². The Hall–Kier alpha value is -1.30. The number of alkyl halides is 1. The van der Waals surface area contributed by atoms with Crippen molar-refractivity contribution in [2.24, 2.45) is 0 Å². The molecule has 1 aromatic rings. The van der Waals surface area contributed by atoms with Crippen LogP contribution >= 0.6 is 11.6 Å². The SMILES string of the molecule is Fc1c(F)c(F)c(NC/C=C/CCl)c(F)c1F. The minimum absolute atomic E-state index is 0.106. The van der Waals surface area contributed by atoms with E-state index >= 15 is 0 Å². The third-order valence-corrected chi connectivity index (χ3v) is 2.04. The molecule has 0 spiro atoms. The van der Waals surface area contributed by atoms with Crippen LogP contribution < -0.4 is 5.32 Å². The minimum atomic E-state index is -2.18. The Labute approximate surface area is 98.9 Å². The number of halogens is 6. The second-order valence-corrected chi connectivity index (χ2v) is 3.26. The fourth-order valence-corrected chi connectivity index (χ4v) is 1.19. The van der Waals surface area contributed by atoms with E-state index in [4.69, 9.17) is 11.6 Å². The molecule has 0 radical (unpaired) electrons. The molecule has 17 heavy (non-hydrogen) atoms. The summed E-state index contributed by atoms with van der Waals surface area (Å²) in [4.78, 5) is 0. The van der Waals surface area contributed by atoms with Crippen LogP contribution in [0.4, 0.5) is 27.6 Å². The van der Waals surface area contributed by atoms with E-state index in [-0.39, 0.29) is 12.4 Å². The Morgan fingerprint density at radius 2 is 1.29 bits per heavy atom. The lowest BCUT2D eigenvalue weighted by molar-refractivity contribution is 0.381. The van der Waals surface area contributed by atoms with Crippen LogP contribution in [0.15, 0.2) is 12.2 Å². The van der Waals surface area contributed by atoms with Gasteiger partial charge >= 0.3 is 0 Å². The molecule has 0 fully saturated rings. The van der Waals surface area contributed by atoms with Gasteiger partial charge < -0.3 is 5.32 Å². The number of nitrogens with one attached hydrogen (secondary N) is 1. The molecule has 0 atom stereocenters. The molecule has 0 unspecified atom stereocenters. The highest BCUT2D eigenvalue weighted by molar-refractivity contribution is 6.18. The molecular formula is C10H7ClF5N. The highest BCUT2D eigenvalue weighted by atomic mass is 35.5. The normalized spacial score (nSPS) is 11.2. The average molecular weight is 272 g/mol. The van der Waals surface area contributed by atoms with Crippen LogP contribution in [0, 0.1) is 29.1 Å². The molecular weight excluding hydrogens is 265 g/mol. The molecule has 0 saturated carbocycles. The predicted molar refractivity (Wildman–Crippen MR) is 54.6 cm³/mol. The van der Waals surface area contributed by atoms with Gasteiger partial charge in [-0.3, -0.25) is 0 Å². The first-order chi connectivity index (χ1) is 8.00. The summed E-state index contributed by atoms with van der Waals surface area (Å²) in [6.07, 6.45) is 2.85. The van der Waals surface area contributed by atoms with Crippen LogP contribution in [0.1, 0.15) is 0 Å². The van der Waals surface area contributed by atoms with Crippen LogP contribution in [-0.2, 0) is 0 Å². The molecule has 1 rings (SSSR count). The van der Waals surface area contributed by atoms with Crippen LogP contribution in [0.2, 0.25) is 0 Å². The van der Waals surface area contributed by atoms with Crippen molar-refractivity contribution in [2.75, 3.05) is 17.7 Å². The maximum Gasteiger partial charge on any atom is 0.200 e. The highest BCUT2D eigenvalue weighted by Gasteiger charge is 2.25. The second-order valence-electron chi connectivity index (χ2n) is 2.95. The van der Waals surface area contributed by atoms with Crippen LogP contribution in [0.5, 0.6) is 0 Å². The van der Waals surface area contributed by atoms with Gasteiger partial charge in [0.1, 0.15) is 5.69 Å². The largest absolute Gasteiger partial charge is 0.377 e. The fourth-order valence-electron chi connectivity index (χ4n) is 1.07. The van der Waals surface area contributed by atoms with E-state index in [2.05, 4.69) is 5.32 Å². The van der Waals surface area contributed by atoms with Crippen molar-refractivity contribution in [1.29, 1.82) is 0 Å². The van der Waals surface area contributed by atoms with Crippen molar-refractivity contribution in [3.8, 4) is 0 Å². The van der Waals surface area contributed by atoms with E-state index in [0.29, 0.717) is 0 Å². The zero-order valence-corrected chi connectivity index (χ0v) is 9.09. The molecule has 0 aromatic heterocycles. The summed E-state index contributed by atoms with van der Waals surface area (Å²) in [7, 11) is 0. The summed E-state index contributed by atoms with van der Waals surface area (Å²) in [5.41, 5.74) is -1.05. The summed E-state index contributed by atoms with van der Waals surface area (Å²) in [6.45, 7) is -0.106. The van der Waals surface area contributed by atoms with E-state index < -0.39 is 34.8 Å². The highest BCUT2D eigenvalue weighted by Crippen LogP contribution is 2.26. The van der Waals surface area contributed by atoms with Crippen molar-refractivity contribution >= 4 is 17.3 Å². The third kappa shape index (κ3) is 2.88. The fraction of sp³-hybridized carbons (Fsp3) is 0.200. The Kier molecular flexibility index (Phi) is 4.74. The Morgan fingerprint density at radius 1 is 0.824 bits per heavy atom. The lowest BCUT2D eigenvalue weighted by atomic mass is 10.2. The lowest BCUT2D eigenvalue weighted by Crippen LogP contribution is -2.09. The van der Waals surface area contributed by atoms with Crippen molar-refractivity contribution < 1.29 is 22.0 Å². The van der Waals surface area contributed by atoms with Gasteiger partial charge in [0.15, 0.2) is 23.3 Å². The van der Waals surface area contributed by atoms with Gasteiger partial charge in [0, 0.05) is 12.4 Å². The van der Waals surface area contributed by atoms with Gasteiger partial charge in [-0.05, 0) is 0 Å². The topological polar surface area (TPSA) is 12.0 Å².